The highest BCUT2D eigenvalue weighted by atomic mass is 32.1. The number of ether oxygens (including phenoxy) is 2. The minimum Gasteiger partial charge on any atom is -0.468 e. The number of hydrogen-bond acceptors (Lipinski definition) is 9. The molecule has 3 saturated heterocycles. The number of carbonyl (C=O) groups excluding carboxylic acids is 4. The fourth-order valence-corrected chi connectivity index (χ4v) is 9.61. The predicted octanol–water partition coefficient (Wildman–Crippen LogP) is 1.96. The van der Waals surface area contributed by atoms with Crippen molar-refractivity contribution in [3.63, 3.8) is 0 Å². The highest BCUT2D eigenvalue weighted by molar-refractivity contribution is 7.09. The van der Waals surface area contributed by atoms with Gasteiger partial charge in [-0.3, -0.25) is 24.1 Å². The fraction of sp³-hybridized carbons (Fsp3) is 0.741. The summed E-state index contributed by atoms with van der Waals surface area (Å²) in [6.45, 7) is 5.48. The van der Waals surface area contributed by atoms with Gasteiger partial charge in [-0.05, 0) is 30.6 Å². The van der Waals surface area contributed by atoms with Crippen LogP contribution in [0.3, 0.4) is 0 Å². The molecule has 8 rings (SSSR count). The van der Waals surface area contributed by atoms with Crippen molar-refractivity contribution >= 4 is 35.1 Å². The molecule has 4 saturated carbocycles. The van der Waals surface area contributed by atoms with E-state index in [0.29, 0.717) is 47.2 Å². The fourth-order valence-electron chi connectivity index (χ4n) is 8.77. The quantitative estimate of drug-likeness (QED) is 0.422. The Labute approximate surface area is 225 Å². The molecule has 38 heavy (non-hydrogen) atoms. The number of rotatable bonds is 11. The van der Waals surface area contributed by atoms with E-state index in [2.05, 4.69) is 29.0 Å². The van der Waals surface area contributed by atoms with E-state index in [1.807, 2.05) is 7.05 Å². The Balaban J connectivity index is 1.03. The molecule has 7 aliphatic rings. The summed E-state index contributed by atoms with van der Waals surface area (Å²) in [7, 11) is 3.28. The second-order valence-electron chi connectivity index (χ2n) is 12.4. The van der Waals surface area contributed by atoms with E-state index in [0.717, 1.165) is 12.8 Å². The smallest absolute Gasteiger partial charge is 0.315 e. The van der Waals surface area contributed by atoms with Crippen LogP contribution < -0.4 is 5.32 Å². The Bertz CT molecular complexity index is 1200. The minimum atomic E-state index is -0.644. The van der Waals surface area contributed by atoms with Crippen molar-refractivity contribution in [1.29, 1.82) is 0 Å². The van der Waals surface area contributed by atoms with Crippen molar-refractivity contribution in [2.45, 2.75) is 76.3 Å². The van der Waals surface area contributed by atoms with Gasteiger partial charge in [-0.1, -0.05) is 13.8 Å². The van der Waals surface area contributed by atoms with Crippen molar-refractivity contribution < 1.29 is 28.7 Å². The molecule has 2 amide bonds. The molecular weight excluding hydrogens is 508 g/mol. The maximum atomic E-state index is 13.2. The number of carbonyl (C=O) groups is 4. The summed E-state index contributed by atoms with van der Waals surface area (Å²) in [5.41, 5.74) is -0.319. The Kier molecular flexibility index (Phi) is 5.01. The summed E-state index contributed by atoms with van der Waals surface area (Å²) in [5.74, 6) is 0.978. The first-order valence-electron chi connectivity index (χ1n) is 13.7. The number of nitrogens with one attached hydrogen (secondary N) is 1. The van der Waals surface area contributed by atoms with Gasteiger partial charge in [-0.15, -0.1) is 11.3 Å². The molecule has 1 aromatic heterocycles. The van der Waals surface area contributed by atoms with Crippen LogP contribution in [0.4, 0.5) is 0 Å². The van der Waals surface area contributed by atoms with Crippen LogP contribution in [-0.4, -0.2) is 76.5 Å². The molecular formula is C27H34N4O6S. The molecule has 0 aromatic carbocycles. The minimum absolute atomic E-state index is 0.0962. The first-order valence-corrected chi connectivity index (χ1v) is 14.5. The number of hydrogen-bond donors (Lipinski definition) is 1. The van der Waals surface area contributed by atoms with Crippen LogP contribution in [0.25, 0.3) is 0 Å². The highest BCUT2D eigenvalue weighted by Crippen LogP contribution is 2.99. The Morgan fingerprint density at radius 3 is 2.42 bits per heavy atom. The van der Waals surface area contributed by atoms with Crippen molar-refractivity contribution in [3.05, 3.63) is 16.1 Å². The number of thiazole rings is 1. The van der Waals surface area contributed by atoms with Crippen LogP contribution in [0.1, 0.15) is 68.1 Å². The van der Waals surface area contributed by atoms with Gasteiger partial charge in [-0.2, -0.15) is 0 Å². The molecule has 6 atom stereocenters. The monoisotopic (exact) mass is 542 g/mol. The van der Waals surface area contributed by atoms with Gasteiger partial charge < -0.3 is 19.7 Å². The summed E-state index contributed by atoms with van der Waals surface area (Å²) >= 11 is 1.30. The first-order chi connectivity index (χ1) is 18.1. The number of amides is 2. The third kappa shape index (κ3) is 2.69. The van der Waals surface area contributed by atoms with E-state index < -0.39 is 12.1 Å². The summed E-state index contributed by atoms with van der Waals surface area (Å²) in [4.78, 5) is 59.1. The molecule has 204 valence electrons. The second kappa shape index (κ2) is 7.78. The zero-order chi connectivity index (χ0) is 26.9. The molecule has 0 radical (unpaired) electrons. The highest BCUT2D eigenvalue weighted by Gasteiger charge is 3.12. The van der Waals surface area contributed by atoms with E-state index in [-0.39, 0.29) is 52.9 Å². The van der Waals surface area contributed by atoms with Gasteiger partial charge in [0.15, 0.2) is 6.10 Å². The second-order valence-corrected chi connectivity index (χ2v) is 13.3. The lowest BCUT2D eigenvalue weighted by molar-refractivity contribution is -0.625. The molecule has 1 N–H and O–H groups in total. The van der Waals surface area contributed by atoms with Crippen molar-refractivity contribution in [1.82, 2.24) is 20.1 Å². The molecule has 6 unspecified atom stereocenters. The average molecular weight is 543 g/mol. The van der Waals surface area contributed by atoms with Gasteiger partial charge in [-0.25, -0.2) is 4.98 Å². The third-order valence-corrected chi connectivity index (χ3v) is 11.4. The molecule has 0 bridgehead atoms. The first kappa shape index (κ1) is 24.5. The molecule has 11 heteroatoms. The van der Waals surface area contributed by atoms with Crippen molar-refractivity contribution in [2.75, 3.05) is 14.2 Å². The molecule has 0 spiro atoms. The average Bonchev–Trinajstić information content (AvgIpc) is 3.56. The molecule has 4 aliphatic carbocycles. The van der Waals surface area contributed by atoms with E-state index >= 15 is 0 Å². The van der Waals surface area contributed by atoms with Gasteiger partial charge in [0, 0.05) is 62.2 Å². The third-order valence-electron chi connectivity index (χ3n) is 10.5. The Hall–Kier alpha value is -2.53. The van der Waals surface area contributed by atoms with Crippen molar-refractivity contribution in [2.24, 2.45) is 35.0 Å². The molecule has 10 nitrogen and oxygen atoms in total. The van der Waals surface area contributed by atoms with E-state index in [1.165, 1.54) is 25.4 Å². The number of esters is 2. The topological polar surface area (TPSA) is 118 Å². The van der Waals surface area contributed by atoms with Gasteiger partial charge >= 0.3 is 11.9 Å². The van der Waals surface area contributed by atoms with Gasteiger partial charge in [0.05, 0.1) is 7.11 Å². The standard InChI is InChI=1S/C27H34N4O6S/c1-11(2)15(30(4)17(33)8-13-6-7-13)9-16(37-12(3)32)24-28-14(10-38-24)23(34)29-27-19-18-20(27)22-26(18,25(35)36-5)21(19)31(22)27/h10-11,13,15-16,18-22H,6-9H2,1-5H3,(H,29,34). The van der Waals surface area contributed by atoms with E-state index in [9.17, 15) is 19.2 Å². The molecule has 4 heterocycles. The van der Waals surface area contributed by atoms with Gasteiger partial charge in [0.25, 0.3) is 5.91 Å². The number of nitrogens with zero attached hydrogens (tertiary/aromatic N) is 3. The lowest BCUT2D eigenvalue weighted by Gasteiger charge is -3.10. The van der Waals surface area contributed by atoms with Crippen LogP contribution in [0, 0.1) is 35.0 Å². The zero-order valence-corrected chi connectivity index (χ0v) is 23.1. The summed E-state index contributed by atoms with van der Waals surface area (Å²) in [5, 5.41) is 5.49. The maximum absolute atomic E-state index is 13.2. The SMILES string of the molecule is COC(=O)C12C3C4C1N1C2C3C41NC(=O)c1csc(C(CC(C(C)C)N(C)C(=O)CC2CC2)OC(C)=O)n1. The maximum Gasteiger partial charge on any atom is 0.315 e. The Morgan fingerprint density at radius 2 is 1.89 bits per heavy atom. The summed E-state index contributed by atoms with van der Waals surface area (Å²) in [6, 6.07) is 0.289. The van der Waals surface area contributed by atoms with Gasteiger partial charge in [0.1, 0.15) is 21.8 Å². The number of methoxy groups -OCH3 is 1. The van der Waals surface area contributed by atoms with E-state index in [4.69, 9.17) is 9.47 Å². The summed E-state index contributed by atoms with van der Waals surface area (Å²) < 4.78 is 10.7. The van der Waals surface area contributed by atoms with E-state index in [1.54, 1.807) is 10.3 Å². The lowest BCUT2D eigenvalue weighted by Crippen LogP contribution is -3.24. The Morgan fingerprint density at radius 1 is 1.21 bits per heavy atom. The lowest BCUT2D eigenvalue weighted by atomic mass is 9.08. The van der Waals surface area contributed by atoms with Crippen molar-refractivity contribution in [3.8, 4) is 0 Å². The molecule has 1 aromatic rings. The van der Waals surface area contributed by atoms with Gasteiger partial charge in [0.2, 0.25) is 5.91 Å². The molecule has 3 aliphatic heterocycles. The van der Waals surface area contributed by atoms with Crippen LogP contribution in [0.5, 0.6) is 0 Å². The predicted molar refractivity (Wildman–Crippen MR) is 135 cm³/mol. The number of piperidine rings is 12. The number of aromatic nitrogens is 1. The molecule has 7 fully saturated rings. The van der Waals surface area contributed by atoms with Crippen LogP contribution in [0.2, 0.25) is 0 Å². The van der Waals surface area contributed by atoms with Crippen LogP contribution in [0.15, 0.2) is 5.38 Å². The zero-order valence-electron chi connectivity index (χ0n) is 22.3. The summed E-state index contributed by atoms with van der Waals surface area (Å²) in [6.07, 6.45) is 2.56. The normalized spacial score (nSPS) is 37.8. The van der Waals surface area contributed by atoms with Crippen LogP contribution in [-0.2, 0) is 23.9 Å². The largest absolute Gasteiger partial charge is 0.468 e. The van der Waals surface area contributed by atoms with Crippen LogP contribution >= 0.6 is 11.3 Å².